The Morgan fingerprint density at radius 1 is 0.941 bits per heavy atom. The predicted octanol–water partition coefficient (Wildman–Crippen LogP) is 4.25. The lowest BCUT2D eigenvalue weighted by Crippen LogP contribution is -2.27. The number of hydrogen-bond acceptors (Lipinski definition) is 1. The van der Waals surface area contributed by atoms with Crippen LogP contribution in [-0.2, 0) is 4.74 Å². The van der Waals surface area contributed by atoms with Crippen molar-refractivity contribution in [2.45, 2.75) is 44.1 Å². The van der Waals surface area contributed by atoms with E-state index in [0.29, 0.717) is 18.8 Å². The minimum atomic E-state index is -4.50. The highest BCUT2D eigenvalue weighted by atomic mass is 19.4. The topological polar surface area (TPSA) is 9.23 Å². The zero-order chi connectivity index (χ0) is 12.3. The second-order valence-electron chi connectivity index (χ2n) is 4.45. The van der Waals surface area contributed by atoms with Gasteiger partial charge in [-0.1, -0.05) is 30.3 Å². The lowest BCUT2D eigenvalue weighted by atomic mass is 9.83. The summed E-state index contributed by atoms with van der Waals surface area (Å²) in [6.45, 7) is 0. The Hall–Kier alpha value is -1.03. The van der Waals surface area contributed by atoms with E-state index in [1.165, 1.54) is 5.56 Å². The number of halogens is 3. The number of ether oxygens (including phenoxy) is 1. The smallest absolute Gasteiger partial charge is 0.289 e. The van der Waals surface area contributed by atoms with E-state index in [-0.39, 0.29) is 0 Å². The van der Waals surface area contributed by atoms with Gasteiger partial charge in [-0.2, -0.15) is 0 Å². The first-order chi connectivity index (χ1) is 8.04. The van der Waals surface area contributed by atoms with E-state index in [2.05, 4.69) is 4.74 Å². The Bertz CT molecular complexity index is 339. The van der Waals surface area contributed by atoms with Crippen molar-refractivity contribution in [1.29, 1.82) is 0 Å². The van der Waals surface area contributed by atoms with Gasteiger partial charge in [0.1, 0.15) is 0 Å². The maximum Gasteiger partial charge on any atom is 0.522 e. The molecule has 1 aromatic carbocycles. The second-order valence-corrected chi connectivity index (χ2v) is 4.45. The van der Waals surface area contributed by atoms with Gasteiger partial charge in [-0.3, -0.25) is 4.74 Å². The fourth-order valence-electron chi connectivity index (χ4n) is 2.43. The summed E-state index contributed by atoms with van der Waals surface area (Å²) in [5, 5.41) is 0. The van der Waals surface area contributed by atoms with Crippen molar-refractivity contribution >= 4 is 0 Å². The van der Waals surface area contributed by atoms with E-state index < -0.39 is 12.5 Å². The zero-order valence-electron chi connectivity index (χ0n) is 9.41. The van der Waals surface area contributed by atoms with Crippen LogP contribution in [0.2, 0.25) is 0 Å². The lowest BCUT2D eigenvalue weighted by Gasteiger charge is -2.29. The number of benzene rings is 1. The van der Waals surface area contributed by atoms with Crippen molar-refractivity contribution in [3.8, 4) is 0 Å². The van der Waals surface area contributed by atoms with Gasteiger partial charge in [0.05, 0.1) is 6.10 Å². The van der Waals surface area contributed by atoms with Gasteiger partial charge in [0, 0.05) is 0 Å². The van der Waals surface area contributed by atoms with Crippen LogP contribution >= 0.6 is 0 Å². The standard InChI is InChI=1S/C13H15F3O/c14-13(15,16)17-12-8-6-11(7-9-12)10-4-2-1-3-5-10/h1-5,11-12H,6-9H2. The highest BCUT2D eigenvalue weighted by molar-refractivity contribution is 5.19. The van der Waals surface area contributed by atoms with Gasteiger partial charge in [-0.05, 0) is 37.2 Å². The molecule has 0 saturated heterocycles. The van der Waals surface area contributed by atoms with Crippen LogP contribution in [-0.4, -0.2) is 12.5 Å². The fourth-order valence-corrected chi connectivity index (χ4v) is 2.43. The monoisotopic (exact) mass is 244 g/mol. The molecule has 4 heteroatoms. The van der Waals surface area contributed by atoms with Gasteiger partial charge in [-0.15, -0.1) is 13.2 Å². The number of hydrogen-bond donors (Lipinski definition) is 0. The summed E-state index contributed by atoms with van der Waals surface area (Å²) in [6, 6.07) is 9.95. The molecule has 0 amide bonds. The molecule has 0 N–H and O–H groups in total. The van der Waals surface area contributed by atoms with E-state index in [9.17, 15) is 13.2 Å². The Balaban J connectivity index is 1.86. The van der Waals surface area contributed by atoms with Gasteiger partial charge in [0.2, 0.25) is 0 Å². The van der Waals surface area contributed by atoms with Gasteiger partial charge < -0.3 is 0 Å². The van der Waals surface area contributed by atoms with Crippen molar-refractivity contribution in [1.82, 2.24) is 0 Å². The van der Waals surface area contributed by atoms with Gasteiger partial charge >= 0.3 is 6.36 Å². The Labute approximate surface area is 98.6 Å². The molecule has 0 bridgehead atoms. The van der Waals surface area contributed by atoms with Gasteiger partial charge in [0.25, 0.3) is 0 Å². The zero-order valence-corrected chi connectivity index (χ0v) is 9.41. The molecule has 1 aromatic rings. The summed E-state index contributed by atoms with van der Waals surface area (Å²) >= 11 is 0. The summed E-state index contributed by atoms with van der Waals surface area (Å²) in [6.07, 6.45) is -2.65. The van der Waals surface area contributed by atoms with Crippen LogP contribution in [0.25, 0.3) is 0 Å². The minimum absolute atomic E-state index is 0.379. The molecule has 1 aliphatic rings. The molecule has 0 aromatic heterocycles. The maximum atomic E-state index is 12.0. The molecular weight excluding hydrogens is 229 g/mol. The minimum Gasteiger partial charge on any atom is -0.289 e. The van der Waals surface area contributed by atoms with E-state index in [1.54, 1.807) is 0 Å². The molecule has 0 aliphatic heterocycles. The van der Waals surface area contributed by atoms with E-state index in [1.807, 2.05) is 30.3 Å². The molecule has 94 valence electrons. The Kier molecular flexibility index (Phi) is 3.72. The number of rotatable bonds is 2. The highest BCUT2D eigenvalue weighted by Gasteiger charge is 2.35. The van der Waals surface area contributed by atoms with Crippen LogP contribution in [0.3, 0.4) is 0 Å². The molecule has 0 heterocycles. The van der Waals surface area contributed by atoms with Crippen LogP contribution in [0.1, 0.15) is 37.2 Å². The van der Waals surface area contributed by atoms with E-state index in [4.69, 9.17) is 0 Å². The van der Waals surface area contributed by atoms with Gasteiger partial charge in [-0.25, -0.2) is 0 Å². The van der Waals surface area contributed by atoms with Crippen LogP contribution in [0.15, 0.2) is 30.3 Å². The Morgan fingerprint density at radius 3 is 2.06 bits per heavy atom. The van der Waals surface area contributed by atoms with Crippen molar-refractivity contribution in [2.75, 3.05) is 0 Å². The van der Waals surface area contributed by atoms with Crippen molar-refractivity contribution < 1.29 is 17.9 Å². The molecule has 17 heavy (non-hydrogen) atoms. The molecule has 1 saturated carbocycles. The van der Waals surface area contributed by atoms with Crippen molar-refractivity contribution in [2.24, 2.45) is 0 Å². The van der Waals surface area contributed by atoms with Gasteiger partial charge in [0.15, 0.2) is 0 Å². The maximum absolute atomic E-state index is 12.0. The quantitative estimate of drug-likeness (QED) is 0.755. The van der Waals surface area contributed by atoms with E-state index in [0.717, 1.165) is 12.8 Å². The van der Waals surface area contributed by atoms with Crippen molar-refractivity contribution in [3.05, 3.63) is 35.9 Å². The first kappa shape index (κ1) is 12.4. The molecule has 0 atom stereocenters. The molecule has 0 spiro atoms. The summed E-state index contributed by atoms with van der Waals surface area (Å²) < 4.78 is 40.2. The average Bonchev–Trinajstić information content (AvgIpc) is 2.29. The fraction of sp³-hybridized carbons (Fsp3) is 0.538. The second kappa shape index (κ2) is 5.08. The molecular formula is C13H15F3O. The SMILES string of the molecule is FC(F)(F)OC1CCC(c2ccccc2)CC1. The summed E-state index contributed by atoms with van der Waals surface area (Å²) in [7, 11) is 0. The molecule has 0 unspecified atom stereocenters. The van der Waals surface area contributed by atoms with E-state index >= 15 is 0 Å². The molecule has 2 rings (SSSR count). The summed E-state index contributed by atoms with van der Waals surface area (Å²) in [4.78, 5) is 0. The largest absolute Gasteiger partial charge is 0.522 e. The summed E-state index contributed by atoms with van der Waals surface area (Å²) in [5.41, 5.74) is 1.22. The first-order valence-corrected chi connectivity index (χ1v) is 5.84. The van der Waals surface area contributed by atoms with Crippen LogP contribution in [0.5, 0.6) is 0 Å². The lowest BCUT2D eigenvalue weighted by molar-refractivity contribution is -0.345. The normalized spacial score (nSPS) is 25.8. The van der Waals surface area contributed by atoms with Crippen molar-refractivity contribution in [3.63, 3.8) is 0 Å². The molecule has 1 nitrogen and oxygen atoms in total. The van der Waals surface area contributed by atoms with Crippen LogP contribution < -0.4 is 0 Å². The molecule has 0 radical (unpaired) electrons. The highest BCUT2D eigenvalue weighted by Crippen LogP contribution is 2.35. The molecule has 1 fully saturated rings. The third kappa shape index (κ3) is 3.73. The number of alkyl halides is 3. The first-order valence-electron chi connectivity index (χ1n) is 5.84. The average molecular weight is 244 g/mol. The Morgan fingerprint density at radius 2 is 1.53 bits per heavy atom. The predicted molar refractivity (Wildman–Crippen MR) is 58.6 cm³/mol. The van der Waals surface area contributed by atoms with Crippen LogP contribution in [0.4, 0.5) is 13.2 Å². The molecule has 1 aliphatic carbocycles. The third-order valence-corrected chi connectivity index (χ3v) is 3.25. The summed E-state index contributed by atoms with van der Waals surface area (Å²) in [5.74, 6) is 0.379. The third-order valence-electron chi connectivity index (χ3n) is 3.25. The van der Waals surface area contributed by atoms with Crippen LogP contribution in [0, 0.1) is 0 Å².